The second kappa shape index (κ2) is 6.83. The van der Waals surface area contributed by atoms with E-state index in [2.05, 4.69) is 10.6 Å². The molecular formula is C15H22N2O3. The number of amides is 1. The van der Waals surface area contributed by atoms with Gasteiger partial charge in [0, 0.05) is 51.8 Å². The quantitative estimate of drug-likeness (QED) is 0.740. The molecule has 5 heteroatoms. The number of hydrogen-bond acceptors (Lipinski definition) is 4. The van der Waals surface area contributed by atoms with Crippen molar-refractivity contribution in [3.63, 3.8) is 0 Å². The standard InChI is InChI=1S/C15H22N2O3/c1-16-14(18)13-4-2-12(3-5-13)10-17-11-15(19)6-8-20-9-7-15/h2-5,17,19H,6-11H2,1H3,(H,16,18). The summed E-state index contributed by atoms with van der Waals surface area (Å²) in [6.45, 7) is 2.49. The first-order valence-electron chi connectivity index (χ1n) is 6.95. The van der Waals surface area contributed by atoms with Gasteiger partial charge in [0.05, 0.1) is 5.60 Å². The Kier molecular flexibility index (Phi) is 5.11. The third kappa shape index (κ3) is 4.03. The van der Waals surface area contributed by atoms with Gasteiger partial charge >= 0.3 is 0 Å². The largest absolute Gasteiger partial charge is 0.388 e. The SMILES string of the molecule is CNC(=O)c1ccc(CNCC2(O)CCOCC2)cc1. The van der Waals surface area contributed by atoms with Crippen molar-refractivity contribution in [1.29, 1.82) is 0 Å². The van der Waals surface area contributed by atoms with Crippen LogP contribution in [0.25, 0.3) is 0 Å². The Morgan fingerprint density at radius 2 is 1.95 bits per heavy atom. The second-order valence-electron chi connectivity index (χ2n) is 5.22. The van der Waals surface area contributed by atoms with E-state index < -0.39 is 5.60 Å². The highest BCUT2D eigenvalue weighted by Crippen LogP contribution is 2.19. The van der Waals surface area contributed by atoms with E-state index in [1.54, 1.807) is 19.2 Å². The van der Waals surface area contributed by atoms with Gasteiger partial charge in [0.1, 0.15) is 0 Å². The Morgan fingerprint density at radius 3 is 2.55 bits per heavy atom. The number of nitrogens with one attached hydrogen (secondary N) is 2. The summed E-state index contributed by atoms with van der Waals surface area (Å²) in [4.78, 5) is 11.4. The van der Waals surface area contributed by atoms with E-state index in [1.165, 1.54) is 0 Å². The minimum absolute atomic E-state index is 0.0824. The van der Waals surface area contributed by atoms with E-state index in [1.807, 2.05) is 12.1 Å². The summed E-state index contributed by atoms with van der Waals surface area (Å²) in [7, 11) is 1.62. The van der Waals surface area contributed by atoms with Crippen molar-refractivity contribution in [1.82, 2.24) is 10.6 Å². The average Bonchev–Trinajstić information content (AvgIpc) is 2.48. The molecule has 0 bridgehead atoms. The molecule has 0 radical (unpaired) electrons. The summed E-state index contributed by atoms with van der Waals surface area (Å²) >= 11 is 0. The highest BCUT2D eigenvalue weighted by atomic mass is 16.5. The number of aliphatic hydroxyl groups is 1. The maximum atomic E-state index is 11.4. The van der Waals surface area contributed by atoms with Crippen LogP contribution in [0.4, 0.5) is 0 Å². The molecule has 0 saturated carbocycles. The first kappa shape index (κ1) is 15.0. The predicted octanol–water partition coefficient (Wildman–Crippen LogP) is 0.677. The predicted molar refractivity (Wildman–Crippen MR) is 76.5 cm³/mol. The van der Waals surface area contributed by atoms with Gasteiger partial charge in [-0.3, -0.25) is 4.79 Å². The lowest BCUT2D eigenvalue weighted by Crippen LogP contribution is -2.44. The van der Waals surface area contributed by atoms with Crippen LogP contribution in [0.15, 0.2) is 24.3 Å². The van der Waals surface area contributed by atoms with E-state index in [4.69, 9.17) is 4.74 Å². The molecule has 0 unspecified atom stereocenters. The molecule has 5 nitrogen and oxygen atoms in total. The van der Waals surface area contributed by atoms with Gasteiger partial charge in [-0.2, -0.15) is 0 Å². The van der Waals surface area contributed by atoms with E-state index in [-0.39, 0.29) is 5.91 Å². The van der Waals surface area contributed by atoms with Crippen LogP contribution in [0, 0.1) is 0 Å². The van der Waals surface area contributed by atoms with Crippen LogP contribution in [-0.4, -0.2) is 43.4 Å². The third-order valence-corrected chi connectivity index (χ3v) is 3.65. The molecule has 2 rings (SSSR count). The zero-order valence-corrected chi connectivity index (χ0v) is 11.8. The summed E-state index contributed by atoms with van der Waals surface area (Å²) in [6.07, 6.45) is 1.35. The van der Waals surface area contributed by atoms with Gasteiger partial charge in [0.25, 0.3) is 5.91 Å². The maximum Gasteiger partial charge on any atom is 0.251 e. The zero-order chi connectivity index (χ0) is 14.4. The molecule has 1 saturated heterocycles. The van der Waals surface area contributed by atoms with Crippen LogP contribution in [0.1, 0.15) is 28.8 Å². The van der Waals surface area contributed by atoms with Gasteiger partial charge in [-0.25, -0.2) is 0 Å². The highest BCUT2D eigenvalue weighted by molar-refractivity contribution is 5.93. The van der Waals surface area contributed by atoms with Gasteiger partial charge < -0.3 is 20.5 Å². The molecule has 1 heterocycles. The second-order valence-corrected chi connectivity index (χ2v) is 5.22. The van der Waals surface area contributed by atoms with Gasteiger partial charge in [0.15, 0.2) is 0 Å². The van der Waals surface area contributed by atoms with Crippen molar-refractivity contribution >= 4 is 5.91 Å². The zero-order valence-electron chi connectivity index (χ0n) is 11.8. The summed E-state index contributed by atoms with van der Waals surface area (Å²) in [5.74, 6) is -0.0824. The van der Waals surface area contributed by atoms with Crippen molar-refractivity contribution < 1.29 is 14.6 Å². The Hall–Kier alpha value is -1.43. The van der Waals surface area contributed by atoms with Crippen molar-refractivity contribution in [3.05, 3.63) is 35.4 Å². The molecule has 1 fully saturated rings. The molecule has 110 valence electrons. The number of benzene rings is 1. The molecule has 0 spiro atoms. The Balaban J connectivity index is 1.80. The van der Waals surface area contributed by atoms with Crippen LogP contribution < -0.4 is 10.6 Å². The highest BCUT2D eigenvalue weighted by Gasteiger charge is 2.28. The summed E-state index contributed by atoms with van der Waals surface area (Å²) < 4.78 is 5.25. The molecule has 0 aromatic heterocycles. The van der Waals surface area contributed by atoms with Crippen molar-refractivity contribution in [3.8, 4) is 0 Å². The molecule has 20 heavy (non-hydrogen) atoms. The average molecular weight is 278 g/mol. The van der Waals surface area contributed by atoms with Gasteiger partial charge in [0.2, 0.25) is 0 Å². The lowest BCUT2D eigenvalue weighted by Gasteiger charge is -2.32. The fourth-order valence-electron chi connectivity index (χ4n) is 2.29. The number of carbonyl (C=O) groups is 1. The molecule has 1 aliphatic heterocycles. The molecule has 0 aliphatic carbocycles. The number of rotatable bonds is 5. The summed E-state index contributed by atoms with van der Waals surface area (Å²) in [6, 6.07) is 7.45. The van der Waals surface area contributed by atoms with Crippen molar-refractivity contribution in [2.45, 2.75) is 25.0 Å². The normalized spacial score (nSPS) is 17.7. The van der Waals surface area contributed by atoms with Crippen molar-refractivity contribution in [2.75, 3.05) is 26.8 Å². The molecule has 1 aromatic carbocycles. The number of hydrogen-bond donors (Lipinski definition) is 3. The lowest BCUT2D eigenvalue weighted by molar-refractivity contribution is -0.0617. The maximum absolute atomic E-state index is 11.4. The molecule has 3 N–H and O–H groups in total. The minimum atomic E-state index is -0.652. The molecule has 1 aromatic rings. The summed E-state index contributed by atoms with van der Waals surface area (Å²) in [5, 5.41) is 16.2. The third-order valence-electron chi connectivity index (χ3n) is 3.65. The first-order chi connectivity index (χ1) is 9.63. The monoisotopic (exact) mass is 278 g/mol. The molecule has 1 aliphatic rings. The Labute approximate surface area is 119 Å². The van der Waals surface area contributed by atoms with Crippen LogP contribution in [0.5, 0.6) is 0 Å². The van der Waals surface area contributed by atoms with E-state index in [9.17, 15) is 9.90 Å². The lowest BCUT2D eigenvalue weighted by atomic mass is 9.94. The molecule has 1 amide bonds. The fraction of sp³-hybridized carbons (Fsp3) is 0.533. The van der Waals surface area contributed by atoms with Crippen molar-refractivity contribution in [2.24, 2.45) is 0 Å². The van der Waals surface area contributed by atoms with Crippen LogP contribution >= 0.6 is 0 Å². The van der Waals surface area contributed by atoms with Crippen LogP contribution in [0.3, 0.4) is 0 Å². The van der Waals surface area contributed by atoms with E-state index in [0.29, 0.717) is 44.7 Å². The summed E-state index contributed by atoms with van der Waals surface area (Å²) in [5.41, 5.74) is 1.09. The van der Waals surface area contributed by atoms with Crippen LogP contribution in [-0.2, 0) is 11.3 Å². The van der Waals surface area contributed by atoms with Gasteiger partial charge in [-0.15, -0.1) is 0 Å². The van der Waals surface area contributed by atoms with Gasteiger partial charge in [-0.05, 0) is 17.7 Å². The molecule has 0 atom stereocenters. The Bertz CT molecular complexity index is 439. The number of ether oxygens (including phenoxy) is 1. The smallest absolute Gasteiger partial charge is 0.251 e. The minimum Gasteiger partial charge on any atom is -0.388 e. The Morgan fingerprint density at radius 1 is 1.30 bits per heavy atom. The first-order valence-corrected chi connectivity index (χ1v) is 6.95. The topological polar surface area (TPSA) is 70.6 Å². The number of carbonyl (C=O) groups excluding carboxylic acids is 1. The van der Waals surface area contributed by atoms with Gasteiger partial charge in [-0.1, -0.05) is 12.1 Å². The van der Waals surface area contributed by atoms with E-state index >= 15 is 0 Å². The molecular weight excluding hydrogens is 256 g/mol. The van der Waals surface area contributed by atoms with E-state index in [0.717, 1.165) is 5.56 Å². The van der Waals surface area contributed by atoms with Crippen LogP contribution in [0.2, 0.25) is 0 Å². The fourth-order valence-corrected chi connectivity index (χ4v) is 2.29.